The Morgan fingerprint density at radius 3 is 2.46 bits per heavy atom. The molecular weight excluding hydrogens is 416 g/mol. The number of nitrogens with zero attached hydrogens (tertiary/aromatic N) is 1. The van der Waals surface area contributed by atoms with Crippen molar-refractivity contribution in [2.24, 2.45) is 0 Å². The Kier molecular flexibility index (Phi) is 6.37. The molecule has 1 aliphatic heterocycles. The van der Waals surface area contributed by atoms with Crippen LogP contribution < -0.4 is 10.2 Å². The zero-order valence-corrected chi connectivity index (χ0v) is 16.2. The fourth-order valence-corrected chi connectivity index (χ4v) is 3.40. The maximum Gasteiger partial charge on any atom is 0.418 e. The number of morpholine rings is 1. The topological polar surface area (TPSA) is 41.6 Å². The molecule has 0 atom stereocenters. The van der Waals surface area contributed by atoms with Crippen LogP contribution >= 0.6 is 23.2 Å². The number of rotatable bonds is 4. The molecule has 150 valence electrons. The molecule has 4 nitrogen and oxygen atoms in total. The predicted octanol–water partition coefficient (Wildman–Crippen LogP) is 5.03. The summed E-state index contributed by atoms with van der Waals surface area (Å²) < 4.78 is 45.9. The van der Waals surface area contributed by atoms with Crippen molar-refractivity contribution in [3.05, 3.63) is 57.6 Å². The highest BCUT2D eigenvalue weighted by molar-refractivity contribution is 6.35. The Morgan fingerprint density at radius 1 is 1.11 bits per heavy atom. The van der Waals surface area contributed by atoms with Gasteiger partial charge in [0, 0.05) is 28.8 Å². The molecule has 0 unspecified atom stereocenters. The van der Waals surface area contributed by atoms with Crippen LogP contribution in [-0.4, -0.2) is 32.2 Å². The number of nitrogens with one attached hydrogen (secondary N) is 1. The van der Waals surface area contributed by atoms with Gasteiger partial charge in [0.25, 0.3) is 0 Å². The summed E-state index contributed by atoms with van der Waals surface area (Å²) in [5, 5.41) is 3.03. The van der Waals surface area contributed by atoms with E-state index >= 15 is 0 Å². The molecule has 0 aromatic heterocycles. The summed E-state index contributed by atoms with van der Waals surface area (Å²) in [5.41, 5.74) is -0.275. The summed E-state index contributed by atoms with van der Waals surface area (Å²) in [5.74, 6) is -0.603. The van der Waals surface area contributed by atoms with Crippen LogP contribution in [0.4, 0.5) is 24.5 Å². The normalized spacial score (nSPS) is 14.8. The minimum Gasteiger partial charge on any atom is -0.378 e. The van der Waals surface area contributed by atoms with E-state index in [0.717, 1.165) is 6.07 Å². The molecule has 3 rings (SSSR count). The van der Waals surface area contributed by atoms with Gasteiger partial charge in [0.05, 0.1) is 30.9 Å². The van der Waals surface area contributed by atoms with Crippen LogP contribution in [0, 0.1) is 0 Å². The zero-order valence-electron chi connectivity index (χ0n) is 14.7. The monoisotopic (exact) mass is 432 g/mol. The molecular formula is C19H17Cl2F3N2O2. The molecule has 0 spiro atoms. The number of hydrogen-bond donors (Lipinski definition) is 1. The molecule has 0 aliphatic carbocycles. The summed E-state index contributed by atoms with van der Waals surface area (Å²) in [6.07, 6.45) is -4.78. The molecule has 1 aliphatic rings. The van der Waals surface area contributed by atoms with Crippen LogP contribution in [0.2, 0.25) is 10.0 Å². The van der Waals surface area contributed by atoms with Gasteiger partial charge in [-0.1, -0.05) is 29.3 Å². The summed E-state index contributed by atoms with van der Waals surface area (Å²) in [7, 11) is 0. The molecule has 9 heteroatoms. The van der Waals surface area contributed by atoms with Gasteiger partial charge in [0.15, 0.2) is 0 Å². The van der Waals surface area contributed by atoms with Crippen molar-refractivity contribution in [3.63, 3.8) is 0 Å². The number of anilines is 2. The maximum absolute atomic E-state index is 13.6. The van der Waals surface area contributed by atoms with Crippen molar-refractivity contribution >= 4 is 40.5 Å². The minimum absolute atomic E-state index is 0.168. The number of benzene rings is 2. The molecule has 0 saturated carbocycles. The Morgan fingerprint density at radius 2 is 1.82 bits per heavy atom. The van der Waals surface area contributed by atoms with E-state index in [9.17, 15) is 18.0 Å². The van der Waals surface area contributed by atoms with Gasteiger partial charge in [0.1, 0.15) is 0 Å². The second kappa shape index (κ2) is 8.59. The number of amides is 1. The molecule has 28 heavy (non-hydrogen) atoms. The number of ether oxygens (including phenoxy) is 1. The van der Waals surface area contributed by atoms with Crippen molar-refractivity contribution in [1.29, 1.82) is 0 Å². The van der Waals surface area contributed by atoms with Crippen LogP contribution in [0.25, 0.3) is 0 Å². The first kappa shape index (κ1) is 20.8. The molecule has 1 N–H and O–H groups in total. The number of alkyl halides is 3. The zero-order chi connectivity index (χ0) is 20.3. The molecule has 1 amide bonds. The van der Waals surface area contributed by atoms with Crippen molar-refractivity contribution in [2.45, 2.75) is 12.6 Å². The lowest BCUT2D eigenvalue weighted by Gasteiger charge is -2.29. The number of hydrogen-bond acceptors (Lipinski definition) is 3. The standard InChI is InChI=1S/C19H17Cl2F3N2O2/c20-13-2-1-12(16(21)10-13)9-18(27)25-17-4-3-14(11-15(17)19(22,23)24)26-5-7-28-8-6-26/h1-4,10-11H,5-9H2,(H,25,27). The van der Waals surface area contributed by atoms with Gasteiger partial charge in [-0.3, -0.25) is 4.79 Å². The van der Waals surface area contributed by atoms with E-state index < -0.39 is 17.6 Å². The number of halogens is 5. The SMILES string of the molecule is O=C(Cc1ccc(Cl)cc1Cl)Nc1ccc(N2CCOCC2)cc1C(F)(F)F. The van der Waals surface area contributed by atoms with Crippen molar-refractivity contribution < 1.29 is 22.7 Å². The highest BCUT2D eigenvalue weighted by atomic mass is 35.5. The highest BCUT2D eigenvalue weighted by Crippen LogP contribution is 2.37. The van der Waals surface area contributed by atoms with E-state index in [2.05, 4.69) is 5.32 Å². The molecule has 1 saturated heterocycles. The van der Waals surface area contributed by atoms with Crippen LogP contribution in [-0.2, 0) is 22.1 Å². The van der Waals surface area contributed by atoms with Gasteiger partial charge in [-0.2, -0.15) is 13.2 Å². The fraction of sp³-hybridized carbons (Fsp3) is 0.316. The van der Waals surface area contributed by atoms with E-state index in [-0.39, 0.29) is 17.1 Å². The van der Waals surface area contributed by atoms with Crippen molar-refractivity contribution in [2.75, 3.05) is 36.5 Å². The largest absolute Gasteiger partial charge is 0.418 e. The summed E-state index contributed by atoms with van der Waals surface area (Å²) >= 11 is 11.8. The summed E-state index contributed by atoms with van der Waals surface area (Å²) in [6, 6.07) is 8.49. The van der Waals surface area contributed by atoms with E-state index in [0.29, 0.717) is 42.6 Å². The third-order valence-corrected chi connectivity index (χ3v) is 4.91. The van der Waals surface area contributed by atoms with E-state index in [4.69, 9.17) is 27.9 Å². The van der Waals surface area contributed by atoms with Gasteiger partial charge in [0.2, 0.25) is 5.91 Å². The summed E-state index contributed by atoms with van der Waals surface area (Å²) in [6.45, 7) is 1.94. The Hall–Kier alpha value is -1.96. The molecule has 2 aromatic rings. The average molecular weight is 433 g/mol. The summed E-state index contributed by atoms with van der Waals surface area (Å²) in [4.78, 5) is 14.1. The quantitative estimate of drug-likeness (QED) is 0.736. The minimum atomic E-state index is -4.61. The van der Waals surface area contributed by atoms with Gasteiger partial charge >= 0.3 is 6.18 Å². The number of carbonyl (C=O) groups excluding carboxylic acids is 1. The van der Waals surface area contributed by atoms with E-state index in [1.807, 2.05) is 4.90 Å². The van der Waals surface area contributed by atoms with Gasteiger partial charge < -0.3 is 15.0 Å². The molecule has 0 bridgehead atoms. The third-order valence-electron chi connectivity index (χ3n) is 4.32. The van der Waals surface area contributed by atoms with Gasteiger partial charge in [-0.25, -0.2) is 0 Å². The lowest BCUT2D eigenvalue weighted by Crippen LogP contribution is -2.36. The molecule has 1 heterocycles. The Bertz CT molecular complexity index is 869. The van der Waals surface area contributed by atoms with Gasteiger partial charge in [-0.05, 0) is 35.9 Å². The molecule has 2 aromatic carbocycles. The third kappa shape index (κ3) is 5.10. The predicted molar refractivity (Wildman–Crippen MR) is 103 cm³/mol. The Balaban J connectivity index is 1.81. The molecule has 0 radical (unpaired) electrons. The first-order valence-electron chi connectivity index (χ1n) is 8.52. The lowest BCUT2D eigenvalue weighted by molar-refractivity contribution is -0.136. The van der Waals surface area contributed by atoms with Crippen LogP contribution in [0.5, 0.6) is 0 Å². The van der Waals surface area contributed by atoms with Crippen LogP contribution in [0.1, 0.15) is 11.1 Å². The Labute approximate surface area is 170 Å². The number of carbonyl (C=O) groups is 1. The van der Waals surface area contributed by atoms with Crippen LogP contribution in [0.3, 0.4) is 0 Å². The fourth-order valence-electron chi connectivity index (χ4n) is 2.93. The highest BCUT2D eigenvalue weighted by Gasteiger charge is 2.35. The smallest absolute Gasteiger partial charge is 0.378 e. The second-order valence-electron chi connectivity index (χ2n) is 6.29. The van der Waals surface area contributed by atoms with E-state index in [1.54, 1.807) is 18.2 Å². The average Bonchev–Trinajstić information content (AvgIpc) is 2.64. The lowest BCUT2D eigenvalue weighted by atomic mass is 10.1. The van der Waals surface area contributed by atoms with Crippen molar-refractivity contribution in [3.8, 4) is 0 Å². The van der Waals surface area contributed by atoms with Crippen LogP contribution in [0.15, 0.2) is 36.4 Å². The first-order valence-corrected chi connectivity index (χ1v) is 9.27. The second-order valence-corrected chi connectivity index (χ2v) is 7.13. The van der Waals surface area contributed by atoms with Gasteiger partial charge in [-0.15, -0.1) is 0 Å². The maximum atomic E-state index is 13.6. The first-order chi connectivity index (χ1) is 13.2. The van der Waals surface area contributed by atoms with Crippen molar-refractivity contribution in [1.82, 2.24) is 0 Å². The van der Waals surface area contributed by atoms with E-state index in [1.165, 1.54) is 12.1 Å². The molecule has 1 fully saturated rings.